The number of hydrogen-bond acceptors (Lipinski definition) is 2. The molecule has 1 heterocycles. The molecular weight excluding hydrogens is 210 g/mol. The van der Waals surface area contributed by atoms with E-state index in [0.717, 1.165) is 11.6 Å². The van der Waals surface area contributed by atoms with Crippen molar-refractivity contribution in [1.29, 1.82) is 0 Å². The molecule has 1 fully saturated rings. The molecule has 1 aromatic carbocycles. The minimum Gasteiger partial charge on any atom is -0.384 e. The summed E-state index contributed by atoms with van der Waals surface area (Å²) in [5.74, 6) is 1.43. The number of anilines is 1. The number of aromatic nitrogens is 2. The maximum atomic E-state index is 5.85. The van der Waals surface area contributed by atoms with Crippen LogP contribution in [0.25, 0.3) is 11.3 Å². The largest absolute Gasteiger partial charge is 0.384 e. The molecule has 88 valence electrons. The Balaban J connectivity index is 2.07. The number of rotatable bonds is 2. The fourth-order valence-electron chi connectivity index (χ4n) is 2.42. The maximum absolute atomic E-state index is 5.85. The summed E-state index contributed by atoms with van der Waals surface area (Å²) in [6.07, 6.45) is 3.96. The van der Waals surface area contributed by atoms with Gasteiger partial charge in [0.2, 0.25) is 0 Å². The van der Waals surface area contributed by atoms with Crippen molar-refractivity contribution in [1.82, 2.24) is 9.78 Å². The highest BCUT2D eigenvalue weighted by Crippen LogP contribution is 2.40. The molecule has 3 heteroatoms. The van der Waals surface area contributed by atoms with Crippen LogP contribution in [0.2, 0.25) is 0 Å². The SMILES string of the molecule is Cn1nc(-c2ccccc2C2CCC2)cc1N. The molecule has 3 nitrogen and oxygen atoms in total. The van der Waals surface area contributed by atoms with Crippen molar-refractivity contribution in [3.05, 3.63) is 35.9 Å². The molecule has 0 radical (unpaired) electrons. The van der Waals surface area contributed by atoms with Crippen LogP contribution in [0.3, 0.4) is 0 Å². The van der Waals surface area contributed by atoms with E-state index in [1.807, 2.05) is 13.1 Å². The van der Waals surface area contributed by atoms with Crippen molar-refractivity contribution < 1.29 is 0 Å². The van der Waals surface area contributed by atoms with Crippen molar-refractivity contribution in [3.8, 4) is 11.3 Å². The van der Waals surface area contributed by atoms with E-state index in [0.29, 0.717) is 5.82 Å². The Morgan fingerprint density at radius 1 is 1.29 bits per heavy atom. The third kappa shape index (κ3) is 1.71. The van der Waals surface area contributed by atoms with E-state index in [4.69, 9.17) is 5.73 Å². The molecule has 0 aliphatic heterocycles. The first-order valence-electron chi connectivity index (χ1n) is 6.14. The van der Waals surface area contributed by atoms with Gasteiger partial charge >= 0.3 is 0 Å². The molecule has 3 rings (SSSR count). The normalized spacial score (nSPS) is 15.8. The molecule has 0 saturated heterocycles. The van der Waals surface area contributed by atoms with Gasteiger partial charge in [0.25, 0.3) is 0 Å². The second-order valence-corrected chi connectivity index (χ2v) is 4.79. The summed E-state index contributed by atoms with van der Waals surface area (Å²) < 4.78 is 1.73. The summed E-state index contributed by atoms with van der Waals surface area (Å²) in [4.78, 5) is 0. The van der Waals surface area contributed by atoms with E-state index in [1.54, 1.807) is 4.68 Å². The number of benzene rings is 1. The van der Waals surface area contributed by atoms with Crippen LogP contribution in [0.5, 0.6) is 0 Å². The second kappa shape index (κ2) is 3.91. The highest BCUT2D eigenvalue weighted by molar-refractivity contribution is 5.67. The summed E-state index contributed by atoms with van der Waals surface area (Å²) in [7, 11) is 1.88. The first kappa shape index (κ1) is 10.4. The van der Waals surface area contributed by atoms with Crippen LogP contribution in [-0.2, 0) is 7.05 Å². The minimum absolute atomic E-state index is 0.711. The molecule has 17 heavy (non-hydrogen) atoms. The first-order chi connectivity index (χ1) is 8.25. The molecule has 0 amide bonds. The Bertz CT molecular complexity index is 519. The molecule has 1 aromatic heterocycles. The van der Waals surface area contributed by atoms with E-state index >= 15 is 0 Å². The van der Waals surface area contributed by atoms with Crippen LogP contribution in [-0.4, -0.2) is 9.78 Å². The molecule has 0 unspecified atom stereocenters. The molecule has 2 N–H and O–H groups in total. The predicted octanol–water partition coefficient (Wildman–Crippen LogP) is 2.94. The lowest BCUT2D eigenvalue weighted by Gasteiger charge is -2.27. The standard InChI is InChI=1S/C14H17N3/c1-17-14(15)9-13(16-17)12-8-3-2-7-11(12)10-5-4-6-10/h2-3,7-10H,4-6,15H2,1H3. The van der Waals surface area contributed by atoms with Crippen LogP contribution in [0, 0.1) is 0 Å². The Hall–Kier alpha value is -1.77. The summed E-state index contributed by atoms with van der Waals surface area (Å²) in [5, 5.41) is 4.47. The van der Waals surface area contributed by atoms with Crippen LogP contribution in [0.15, 0.2) is 30.3 Å². The molecule has 0 atom stereocenters. The number of nitrogens with zero attached hydrogens (tertiary/aromatic N) is 2. The molecule has 0 bridgehead atoms. The minimum atomic E-state index is 0.711. The molecule has 1 aliphatic carbocycles. The van der Waals surface area contributed by atoms with Crippen molar-refractivity contribution >= 4 is 5.82 Å². The average molecular weight is 227 g/mol. The lowest BCUT2D eigenvalue weighted by molar-refractivity contribution is 0.420. The third-order valence-corrected chi connectivity index (χ3v) is 3.70. The van der Waals surface area contributed by atoms with E-state index in [2.05, 4.69) is 29.4 Å². The predicted molar refractivity (Wildman–Crippen MR) is 69.6 cm³/mol. The average Bonchev–Trinajstić information content (AvgIpc) is 2.57. The molecule has 0 spiro atoms. The molecule has 1 saturated carbocycles. The number of nitrogens with two attached hydrogens (primary N) is 1. The van der Waals surface area contributed by atoms with Crippen molar-refractivity contribution in [2.75, 3.05) is 5.73 Å². The van der Waals surface area contributed by atoms with Crippen LogP contribution >= 0.6 is 0 Å². The van der Waals surface area contributed by atoms with Gasteiger partial charge in [-0.3, -0.25) is 4.68 Å². The lowest BCUT2D eigenvalue weighted by Crippen LogP contribution is -2.09. The van der Waals surface area contributed by atoms with Gasteiger partial charge in [-0.15, -0.1) is 0 Å². The van der Waals surface area contributed by atoms with Gasteiger partial charge < -0.3 is 5.73 Å². The molecule has 2 aromatic rings. The van der Waals surface area contributed by atoms with Crippen molar-refractivity contribution in [2.24, 2.45) is 7.05 Å². The van der Waals surface area contributed by atoms with Crippen molar-refractivity contribution in [2.45, 2.75) is 25.2 Å². The van der Waals surface area contributed by atoms with Gasteiger partial charge in [0, 0.05) is 18.7 Å². The van der Waals surface area contributed by atoms with E-state index in [9.17, 15) is 0 Å². The van der Waals surface area contributed by atoms with Gasteiger partial charge in [-0.05, 0) is 24.3 Å². The zero-order chi connectivity index (χ0) is 11.8. The van der Waals surface area contributed by atoms with Crippen LogP contribution < -0.4 is 5.73 Å². The van der Waals surface area contributed by atoms with Crippen molar-refractivity contribution in [3.63, 3.8) is 0 Å². The first-order valence-corrected chi connectivity index (χ1v) is 6.14. The number of nitrogen functional groups attached to an aromatic ring is 1. The van der Waals surface area contributed by atoms with Crippen LogP contribution in [0.4, 0.5) is 5.82 Å². The highest BCUT2D eigenvalue weighted by atomic mass is 15.3. The number of aryl methyl sites for hydroxylation is 1. The van der Waals surface area contributed by atoms with Gasteiger partial charge in [0.15, 0.2) is 0 Å². The van der Waals surface area contributed by atoms with E-state index in [-0.39, 0.29) is 0 Å². The Morgan fingerprint density at radius 2 is 2.06 bits per heavy atom. The van der Waals surface area contributed by atoms with Gasteiger partial charge in [-0.1, -0.05) is 30.7 Å². The quantitative estimate of drug-likeness (QED) is 0.857. The maximum Gasteiger partial charge on any atom is 0.121 e. The van der Waals surface area contributed by atoms with Gasteiger partial charge in [-0.25, -0.2) is 0 Å². The zero-order valence-electron chi connectivity index (χ0n) is 10.1. The summed E-state index contributed by atoms with van der Waals surface area (Å²) in [5.41, 5.74) is 9.51. The highest BCUT2D eigenvalue weighted by Gasteiger charge is 2.23. The van der Waals surface area contributed by atoms with Gasteiger partial charge in [0.05, 0.1) is 5.69 Å². The van der Waals surface area contributed by atoms with E-state index < -0.39 is 0 Å². The van der Waals surface area contributed by atoms with Gasteiger partial charge in [0.1, 0.15) is 5.82 Å². The summed E-state index contributed by atoms with van der Waals surface area (Å²) in [6.45, 7) is 0. The topological polar surface area (TPSA) is 43.8 Å². The third-order valence-electron chi connectivity index (χ3n) is 3.70. The molecular formula is C14H17N3. The monoisotopic (exact) mass is 227 g/mol. The number of hydrogen-bond donors (Lipinski definition) is 1. The lowest BCUT2D eigenvalue weighted by atomic mass is 9.78. The summed E-state index contributed by atoms with van der Waals surface area (Å²) >= 11 is 0. The van der Waals surface area contributed by atoms with Gasteiger partial charge in [-0.2, -0.15) is 5.10 Å². The van der Waals surface area contributed by atoms with Crippen LogP contribution in [0.1, 0.15) is 30.7 Å². The molecule has 1 aliphatic rings. The fraction of sp³-hybridized carbons (Fsp3) is 0.357. The fourth-order valence-corrected chi connectivity index (χ4v) is 2.42. The second-order valence-electron chi connectivity index (χ2n) is 4.79. The smallest absolute Gasteiger partial charge is 0.121 e. The zero-order valence-corrected chi connectivity index (χ0v) is 10.1. The summed E-state index contributed by atoms with van der Waals surface area (Å²) in [6, 6.07) is 10.5. The van der Waals surface area contributed by atoms with E-state index in [1.165, 1.54) is 30.4 Å². The Kier molecular flexibility index (Phi) is 2.39. The Morgan fingerprint density at radius 3 is 2.65 bits per heavy atom. The Labute approximate surface area is 101 Å².